The van der Waals surface area contributed by atoms with Gasteiger partial charge in [-0.15, -0.1) is 0 Å². The van der Waals surface area contributed by atoms with Crippen molar-refractivity contribution in [2.45, 2.75) is 0 Å². The number of hydrogen-bond acceptors (Lipinski definition) is 5. The summed E-state index contributed by atoms with van der Waals surface area (Å²) in [4.78, 5) is 14.0. The molecule has 0 aliphatic carbocycles. The summed E-state index contributed by atoms with van der Waals surface area (Å²) in [5, 5.41) is 0. The lowest BCUT2D eigenvalue weighted by Gasteiger charge is -2.11. The number of nitrogen functional groups attached to an aromatic ring is 1. The van der Waals surface area contributed by atoms with Crippen LogP contribution in [0.4, 0.5) is 11.6 Å². The van der Waals surface area contributed by atoms with Crippen molar-refractivity contribution in [2.75, 3.05) is 5.73 Å². The summed E-state index contributed by atoms with van der Waals surface area (Å²) < 4.78 is 5.65. The van der Waals surface area contributed by atoms with Crippen molar-refractivity contribution in [3.8, 4) is 16.9 Å². The highest BCUT2D eigenvalue weighted by Crippen LogP contribution is 2.32. The van der Waals surface area contributed by atoms with Gasteiger partial charge in [0.15, 0.2) is 0 Å². The van der Waals surface area contributed by atoms with Crippen LogP contribution in [0.3, 0.4) is 0 Å². The van der Waals surface area contributed by atoms with Gasteiger partial charge in [0.2, 0.25) is 0 Å². The molecule has 0 amide bonds. The van der Waals surface area contributed by atoms with Gasteiger partial charge in [0, 0.05) is 17.3 Å². The first-order valence-corrected chi connectivity index (χ1v) is 12.8. The Balaban J connectivity index is 1.54. The Hall–Kier alpha value is -5.55. The zero-order chi connectivity index (χ0) is 27.6. The van der Waals surface area contributed by atoms with E-state index in [0.29, 0.717) is 28.8 Å². The molecular formula is C35H28N4O. The quantitative estimate of drug-likeness (QED) is 0.157. The number of hydrogen-bond donors (Lipinski definition) is 1. The van der Waals surface area contributed by atoms with Crippen molar-refractivity contribution in [3.63, 3.8) is 0 Å². The van der Waals surface area contributed by atoms with Crippen molar-refractivity contribution >= 4 is 42.2 Å². The van der Waals surface area contributed by atoms with Gasteiger partial charge in [0.05, 0.1) is 23.3 Å². The fourth-order valence-corrected chi connectivity index (χ4v) is 4.15. The number of benzene rings is 4. The molecule has 0 atom stereocenters. The average molecular weight is 521 g/mol. The molecule has 194 valence electrons. The summed E-state index contributed by atoms with van der Waals surface area (Å²) in [6, 6.07) is 35.8. The first-order valence-electron chi connectivity index (χ1n) is 12.8. The predicted molar refractivity (Wildman–Crippen MR) is 167 cm³/mol. The van der Waals surface area contributed by atoms with E-state index < -0.39 is 0 Å². The van der Waals surface area contributed by atoms with Gasteiger partial charge < -0.3 is 10.5 Å². The molecule has 0 bridgehead atoms. The van der Waals surface area contributed by atoms with Crippen LogP contribution in [0.15, 0.2) is 127 Å². The van der Waals surface area contributed by atoms with E-state index in [0.717, 1.165) is 27.8 Å². The standard InChI is InChI=1S/C35H28N4O/c1-2-40-33-20-12-11-19-30(33)29-18-10-9-17-28(29)25-37-35-38-31(23-21-26-13-5-3-6-14-26)34(36)32(39-35)24-22-27-15-7-4-8-16-27/h2-25H,1,36H2/b23-21+,24-22+,37-25+. The maximum Gasteiger partial charge on any atom is 0.250 e. The molecule has 1 heterocycles. The summed E-state index contributed by atoms with van der Waals surface area (Å²) in [6.07, 6.45) is 10.9. The molecule has 40 heavy (non-hydrogen) atoms. The predicted octanol–water partition coefficient (Wildman–Crippen LogP) is 8.34. The lowest BCUT2D eigenvalue weighted by Crippen LogP contribution is -2.00. The molecule has 4 aromatic carbocycles. The molecule has 0 fully saturated rings. The first-order chi connectivity index (χ1) is 19.7. The molecule has 0 radical (unpaired) electrons. The van der Waals surface area contributed by atoms with Crippen molar-refractivity contribution in [3.05, 3.63) is 150 Å². The molecular weight excluding hydrogens is 492 g/mol. The maximum absolute atomic E-state index is 6.53. The van der Waals surface area contributed by atoms with Crippen LogP contribution in [0, 0.1) is 0 Å². The number of aliphatic imine (C=N–C) groups is 1. The van der Waals surface area contributed by atoms with Gasteiger partial charge >= 0.3 is 0 Å². The van der Waals surface area contributed by atoms with Crippen LogP contribution >= 0.6 is 0 Å². The minimum atomic E-state index is 0.306. The summed E-state index contributed by atoms with van der Waals surface area (Å²) in [5.74, 6) is 1.02. The number of para-hydroxylation sites is 1. The van der Waals surface area contributed by atoms with E-state index in [9.17, 15) is 0 Å². The lowest BCUT2D eigenvalue weighted by atomic mass is 9.99. The number of aromatic nitrogens is 2. The Bertz CT molecular complexity index is 1620. The van der Waals surface area contributed by atoms with E-state index in [4.69, 9.17) is 10.5 Å². The molecule has 5 aromatic rings. The lowest BCUT2D eigenvalue weighted by molar-refractivity contribution is 0.485. The van der Waals surface area contributed by atoms with E-state index in [2.05, 4.69) is 21.5 Å². The minimum Gasteiger partial charge on any atom is -0.465 e. The van der Waals surface area contributed by atoms with Gasteiger partial charge in [-0.05, 0) is 34.9 Å². The van der Waals surface area contributed by atoms with Crippen LogP contribution in [0.5, 0.6) is 5.75 Å². The second-order valence-corrected chi connectivity index (χ2v) is 8.82. The Morgan fingerprint density at radius 3 is 1.75 bits per heavy atom. The zero-order valence-electron chi connectivity index (χ0n) is 21.9. The molecule has 5 rings (SSSR count). The molecule has 0 aliphatic heterocycles. The fourth-order valence-electron chi connectivity index (χ4n) is 4.15. The monoisotopic (exact) mass is 520 g/mol. The van der Waals surface area contributed by atoms with Crippen molar-refractivity contribution in [1.82, 2.24) is 9.97 Å². The van der Waals surface area contributed by atoms with Gasteiger partial charge in [-0.2, -0.15) is 0 Å². The highest BCUT2D eigenvalue weighted by molar-refractivity contribution is 5.93. The van der Waals surface area contributed by atoms with Crippen molar-refractivity contribution < 1.29 is 4.74 Å². The second-order valence-electron chi connectivity index (χ2n) is 8.82. The van der Waals surface area contributed by atoms with E-state index >= 15 is 0 Å². The summed E-state index contributed by atoms with van der Waals surface area (Å²) in [6.45, 7) is 3.70. The highest BCUT2D eigenvalue weighted by Gasteiger charge is 2.11. The largest absolute Gasteiger partial charge is 0.465 e. The molecule has 0 unspecified atom stereocenters. The minimum absolute atomic E-state index is 0.306. The maximum atomic E-state index is 6.53. The van der Waals surface area contributed by atoms with Gasteiger partial charge in [0.25, 0.3) is 5.95 Å². The van der Waals surface area contributed by atoms with Crippen molar-refractivity contribution in [1.29, 1.82) is 0 Å². The Labute approximate surface area is 234 Å². The first kappa shape index (κ1) is 26.1. The molecule has 0 spiro atoms. The number of anilines is 1. The topological polar surface area (TPSA) is 73.4 Å². The molecule has 1 aromatic heterocycles. The van der Waals surface area contributed by atoms with Gasteiger partial charge in [0.1, 0.15) is 5.75 Å². The third-order valence-electron chi connectivity index (χ3n) is 6.13. The Morgan fingerprint density at radius 1 is 0.625 bits per heavy atom. The van der Waals surface area contributed by atoms with Crippen LogP contribution in [0.1, 0.15) is 28.1 Å². The number of nitrogens with two attached hydrogens (primary N) is 1. The van der Waals surface area contributed by atoms with Crippen LogP contribution in [-0.4, -0.2) is 16.2 Å². The number of ether oxygens (including phenoxy) is 1. The second kappa shape index (κ2) is 12.8. The fraction of sp³-hybridized carbons (Fsp3) is 0. The normalized spacial score (nSPS) is 11.4. The van der Waals surface area contributed by atoms with E-state index in [-0.39, 0.29) is 0 Å². The van der Waals surface area contributed by atoms with Crippen LogP contribution in [0.25, 0.3) is 35.4 Å². The van der Waals surface area contributed by atoms with E-state index in [1.54, 1.807) is 6.21 Å². The van der Waals surface area contributed by atoms with Crippen molar-refractivity contribution in [2.24, 2.45) is 4.99 Å². The van der Waals surface area contributed by atoms with Gasteiger partial charge in [-0.25, -0.2) is 15.0 Å². The molecule has 5 nitrogen and oxygen atoms in total. The molecule has 0 saturated carbocycles. The summed E-state index contributed by atoms with van der Waals surface area (Å²) >= 11 is 0. The van der Waals surface area contributed by atoms with Crippen LogP contribution < -0.4 is 10.5 Å². The SMILES string of the molecule is C=COc1ccccc1-c1ccccc1/C=N/c1nc(/C=C/c2ccccc2)c(N)c(/C=C/c2ccccc2)n1. The summed E-state index contributed by atoms with van der Waals surface area (Å²) in [7, 11) is 0. The molecule has 0 saturated heterocycles. The van der Waals surface area contributed by atoms with Gasteiger partial charge in [-0.3, -0.25) is 0 Å². The highest BCUT2D eigenvalue weighted by atomic mass is 16.5. The third-order valence-corrected chi connectivity index (χ3v) is 6.13. The van der Waals surface area contributed by atoms with Crippen LogP contribution in [-0.2, 0) is 0 Å². The number of rotatable bonds is 9. The Morgan fingerprint density at radius 2 is 1.15 bits per heavy atom. The average Bonchev–Trinajstić information content (AvgIpc) is 3.01. The van der Waals surface area contributed by atoms with Gasteiger partial charge in [-0.1, -0.05) is 122 Å². The Kier molecular flexibility index (Phi) is 8.35. The smallest absolute Gasteiger partial charge is 0.250 e. The van der Waals surface area contributed by atoms with E-state index in [1.807, 2.05) is 133 Å². The van der Waals surface area contributed by atoms with E-state index in [1.165, 1.54) is 6.26 Å². The third kappa shape index (κ3) is 6.47. The van der Waals surface area contributed by atoms with Crippen LogP contribution in [0.2, 0.25) is 0 Å². The number of nitrogens with zero attached hydrogens (tertiary/aromatic N) is 3. The summed E-state index contributed by atoms with van der Waals surface area (Å²) in [5.41, 5.74) is 13.1. The molecule has 5 heteroatoms. The molecule has 0 aliphatic rings. The molecule has 2 N–H and O–H groups in total. The zero-order valence-corrected chi connectivity index (χ0v) is 21.9.